The molecule has 2 aromatic rings. The Balaban J connectivity index is 1.85. The first-order chi connectivity index (χ1) is 13.5. The van der Waals surface area contributed by atoms with Gasteiger partial charge >= 0.3 is 5.97 Å². The Hall–Kier alpha value is -2.65. The number of hydrogen-bond donors (Lipinski definition) is 0. The summed E-state index contributed by atoms with van der Waals surface area (Å²) < 4.78 is 5.02. The number of aromatic nitrogens is 1. The number of hydrogen-bond acceptors (Lipinski definition) is 6. The number of aryl methyl sites for hydroxylation is 1. The Morgan fingerprint density at radius 3 is 2.68 bits per heavy atom. The summed E-state index contributed by atoms with van der Waals surface area (Å²) in [4.78, 5) is 28.5. The van der Waals surface area contributed by atoms with E-state index in [0.29, 0.717) is 10.6 Å². The van der Waals surface area contributed by atoms with Crippen LogP contribution in [0, 0.1) is 11.3 Å². The Labute approximate surface area is 169 Å². The number of nitriles is 1. The molecule has 28 heavy (non-hydrogen) atoms. The van der Waals surface area contributed by atoms with Crippen molar-refractivity contribution in [1.82, 2.24) is 4.98 Å². The van der Waals surface area contributed by atoms with Crippen LogP contribution >= 0.6 is 11.8 Å². The van der Waals surface area contributed by atoms with E-state index in [-0.39, 0.29) is 24.1 Å². The molecule has 144 valence electrons. The summed E-state index contributed by atoms with van der Waals surface area (Å²) in [6, 6.07) is 12.1. The second kappa shape index (κ2) is 9.03. The molecule has 1 heterocycles. The summed E-state index contributed by atoms with van der Waals surface area (Å²) in [5.41, 5.74) is 4.58. The van der Waals surface area contributed by atoms with Crippen LogP contribution in [0.4, 0.5) is 0 Å². The van der Waals surface area contributed by atoms with Gasteiger partial charge in [0.1, 0.15) is 17.5 Å². The summed E-state index contributed by atoms with van der Waals surface area (Å²) in [5.74, 6) is -0.668. The van der Waals surface area contributed by atoms with Crippen LogP contribution in [0.5, 0.6) is 0 Å². The minimum Gasteiger partial charge on any atom is -0.463 e. The molecular weight excluding hydrogens is 372 g/mol. The molecule has 1 aliphatic carbocycles. The fraction of sp³-hybridized carbons (Fsp3) is 0.364. The average molecular weight is 394 g/mol. The molecule has 3 rings (SSSR count). The van der Waals surface area contributed by atoms with Gasteiger partial charge in [-0.2, -0.15) is 5.26 Å². The van der Waals surface area contributed by atoms with Crippen LogP contribution in [0.15, 0.2) is 35.4 Å². The summed E-state index contributed by atoms with van der Waals surface area (Å²) in [5, 5.41) is 10.4. The second-order valence-corrected chi connectivity index (χ2v) is 7.93. The Bertz CT molecular complexity index is 933. The highest BCUT2D eigenvalue weighted by Gasteiger charge is 2.24. The van der Waals surface area contributed by atoms with Crippen molar-refractivity contribution in [3.63, 3.8) is 0 Å². The van der Waals surface area contributed by atoms with Gasteiger partial charge in [-0.15, -0.1) is 0 Å². The van der Waals surface area contributed by atoms with Gasteiger partial charge in [0.25, 0.3) is 0 Å². The molecular formula is C22H22N2O3S. The molecule has 0 aliphatic heterocycles. The number of benzene rings is 1. The normalized spacial score (nSPS) is 12.5. The van der Waals surface area contributed by atoms with Gasteiger partial charge in [0.15, 0.2) is 5.78 Å². The number of ketones is 1. The van der Waals surface area contributed by atoms with Crippen LogP contribution in [0.2, 0.25) is 0 Å². The molecule has 0 saturated heterocycles. The SMILES string of the molecule is CC(C)OC(=O)CC(=O)CSc1nc2c(c(-c3ccccc3)c1C#N)CCC2. The predicted octanol–water partition coefficient (Wildman–Crippen LogP) is 4.11. The van der Waals surface area contributed by atoms with Crippen molar-refractivity contribution in [3.05, 3.63) is 47.2 Å². The lowest BCUT2D eigenvalue weighted by Crippen LogP contribution is -2.16. The van der Waals surface area contributed by atoms with Gasteiger partial charge in [0, 0.05) is 11.3 Å². The maximum Gasteiger partial charge on any atom is 0.313 e. The zero-order chi connectivity index (χ0) is 20.1. The molecule has 0 spiro atoms. The lowest BCUT2D eigenvalue weighted by Gasteiger charge is -2.14. The van der Waals surface area contributed by atoms with Crippen molar-refractivity contribution >= 4 is 23.5 Å². The molecule has 0 unspecified atom stereocenters. The van der Waals surface area contributed by atoms with E-state index >= 15 is 0 Å². The monoisotopic (exact) mass is 394 g/mol. The van der Waals surface area contributed by atoms with Gasteiger partial charge in [-0.25, -0.2) is 4.98 Å². The van der Waals surface area contributed by atoms with Crippen LogP contribution in [-0.4, -0.2) is 28.6 Å². The number of nitrogens with zero attached hydrogens (tertiary/aromatic N) is 2. The number of ether oxygens (including phenoxy) is 1. The van der Waals surface area contributed by atoms with Crippen LogP contribution in [0.3, 0.4) is 0 Å². The molecule has 5 nitrogen and oxygen atoms in total. The predicted molar refractivity (Wildman–Crippen MR) is 108 cm³/mol. The first-order valence-corrected chi connectivity index (χ1v) is 10.3. The van der Waals surface area contributed by atoms with E-state index in [0.717, 1.165) is 41.6 Å². The number of thioether (sulfide) groups is 1. The molecule has 6 heteroatoms. The first kappa shape index (κ1) is 20.1. The summed E-state index contributed by atoms with van der Waals surface area (Å²) in [7, 11) is 0. The lowest BCUT2D eigenvalue weighted by atomic mass is 9.95. The van der Waals surface area contributed by atoms with Crippen molar-refractivity contribution in [3.8, 4) is 17.2 Å². The zero-order valence-electron chi connectivity index (χ0n) is 16.0. The van der Waals surface area contributed by atoms with Crippen molar-refractivity contribution in [2.75, 3.05) is 5.75 Å². The number of carbonyl (C=O) groups is 2. The molecule has 0 N–H and O–H groups in total. The van der Waals surface area contributed by atoms with E-state index in [4.69, 9.17) is 4.74 Å². The third-order valence-electron chi connectivity index (χ3n) is 4.44. The van der Waals surface area contributed by atoms with Crippen LogP contribution in [0.1, 0.15) is 43.5 Å². The molecule has 0 fully saturated rings. The van der Waals surface area contributed by atoms with Gasteiger partial charge in [0.05, 0.1) is 17.4 Å². The second-order valence-electron chi connectivity index (χ2n) is 6.97. The molecule has 1 aromatic heterocycles. The van der Waals surface area contributed by atoms with E-state index in [1.54, 1.807) is 13.8 Å². The standard InChI is InChI=1S/C22H22N2O3S/c1-14(2)27-20(26)11-16(25)13-28-22-18(12-23)21(15-7-4-3-5-8-15)17-9-6-10-19(17)24-22/h3-5,7-8,14H,6,9-11,13H2,1-2H3. The quantitative estimate of drug-likeness (QED) is 0.399. The van der Waals surface area contributed by atoms with E-state index in [2.05, 4.69) is 11.1 Å². The summed E-state index contributed by atoms with van der Waals surface area (Å²) >= 11 is 1.22. The number of esters is 1. The third-order valence-corrected chi connectivity index (χ3v) is 5.48. The number of fused-ring (bicyclic) bond motifs is 1. The van der Waals surface area contributed by atoms with Gasteiger partial charge < -0.3 is 4.74 Å². The molecule has 0 bridgehead atoms. The van der Waals surface area contributed by atoms with Gasteiger partial charge in [-0.1, -0.05) is 42.1 Å². The number of carbonyl (C=O) groups excluding carboxylic acids is 2. The first-order valence-electron chi connectivity index (χ1n) is 9.34. The van der Waals surface area contributed by atoms with Crippen LogP contribution < -0.4 is 0 Å². The topological polar surface area (TPSA) is 80.1 Å². The van der Waals surface area contributed by atoms with E-state index < -0.39 is 5.97 Å². The fourth-order valence-corrected chi connectivity index (χ4v) is 4.22. The number of pyridine rings is 1. The highest BCUT2D eigenvalue weighted by molar-refractivity contribution is 8.00. The average Bonchev–Trinajstić information content (AvgIpc) is 3.13. The zero-order valence-corrected chi connectivity index (χ0v) is 16.8. The smallest absolute Gasteiger partial charge is 0.313 e. The molecule has 0 atom stereocenters. The van der Waals surface area contributed by atoms with Gasteiger partial charge in [-0.3, -0.25) is 9.59 Å². The van der Waals surface area contributed by atoms with Crippen LogP contribution in [-0.2, 0) is 27.2 Å². The number of Topliss-reactive ketones (excluding diaryl/α,β-unsaturated/α-hetero) is 1. The van der Waals surface area contributed by atoms with Crippen molar-refractivity contribution in [2.45, 2.75) is 50.7 Å². The maximum absolute atomic E-state index is 12.2. The minimum absolute atomic E-state index is 0.0852. The molecule has 1 aromatic carbocycles. The maximum atomic E-state index is 12.2. The Morgan fingerprint density at radius 2 is 2.00 bits per heavy atom. The summed E-state index contributed by atoms with van der Waals surface area (Å²) in [6.45, 7) is 3.49. The Morgan fingerprint density at radius 1 is 1.25 bits per heavy atom. The fourth-order valence-electron chi connectivity index (χ4n) is 3.35. The highest BCUT2D eigenvalue weighted by Crippen LogP contribution is 2.38. The molecule has 1 aliphatic rings. The third kappa shape index (κ3) is 4.60. The van der Waals surface area contributed by atoms with Crippen molar-refractivity contribution in [1.29, 1.82) is 5.26 Å². The molecule has 0 radical (unpaired) electrons. The number of rotatable bonds is 7. The Kier molecular flexibility index (Phi) is 6.48. The van der Waals surface area contributed by atoms with Gasteiger partial charge in [-0.05, 0) is 44.2 Å². The molecule has 0 saturated carbocycles. The van der Waals surface area contributed by atoms with Crippen molar-refractivity contribution < 1.29 is 14.3 Å². The van der Waals surface area contributed by atoms with E-state index in [1.165, 1.54) is 11.8 Å². The van der Waals surface area contributed by atoms with E-state index in [1.807, 2.05) is 30.3 Å². The van der Waals surface area contributed by atoms with Crippen LogP contribution in [0.25, 0.3) is 11.1 Å². The van der Waals surface area contributed by atoms with Gasteiger partial charge in [0.2, 0.25) is 0 Å². The lowest BCUT2D eigenvalue weighted by molar-refractivity contribution is -0.149. The highest BCUT2D eigenvalue weighted by atomic mass is 32.2. The molecule has 0 amide bonds. The van der Waals surface area contributed by atoms with Crippen molar-refractivity contribution in [2.24, 2.45) is 0 Å². The summed E-state index contributed by atoms with van der Waals surface area (Å²) in [6.07, 6.45) is 2.30. The minimum atomic E-state index is -0.520. The van der Waals surface area contributed by atoms with E-state index in [9.17, 15) is 14.9 Å². The largest absolute Gasteiger partial charge is 0.463 e.